The van der Waals surface area contributed by atoms with E-state index >= 15 is 0 Å². The predicted octanol–water partition coefficient (Wildman–Crippen LogP) is 4.00. The highest BCUT2D eigenvalue weighted by Crippen LogP contribution is 2.29. The summed E-state index contributed by atoms with van der Waals surface area (Å²) in [6.45, 7) is 5.29. The van der Waals surface area contributed by atoms with Gasteiger partial charge in [0.2, 0.25) is 11.8 Å². The molecular weight excluding hydrogens is 406 g/mol. The van der Waals surface area contributed by atoms with Crippen molar-refractivity contribution in [1.82, 2.24) is 15.1 Å². The molecule has 0 bridgehead atoms. The zero-order valence-corrected chi connectivity index (χ0v) is 19.4. The number of rotatable bonds is 11. The lowest BCUT2D eigenvalue weighted by Crippen LogP contribution is -2.59. The van der Waals surface area contributed by atoms with Crippen molar-refractivity contribution in [3.05, 3.63) is 52.3 Å². The van der Waals surface area contributed by atoms with E-state index in [1.54, 1.807) is 0 Å². The van der Waals surface area contributed by atoms with Gasteiger partial charge in [-0.2, -0.15) is 4.68 Å². The van der Waals surface area contributed by atoms with Gasteiger partial charge in [0, 0.05) is 19.3 Å². The highest BCUT2D eigenvalue weighted by atomic mass is 16.4. The number of hydrogen-bond acceptors (Lipinski definition) is 5. The lowest BCUT2D eigenvalue weighted by molar-refractivity contribution is -0.137. The summed E-state index contributed by atoms with van der Waals surface area (Å²) in [5, 5.41) is 7.25. The number of ketones is 1. The van der Waals surface area contributed by atoms with Gasteiger partial charge in [0.25, 0.3) is 0 Å². The molecule has 1 aliphatic carbocycles. The van der Waals surface area contributed by atoms with Crippen molar-refractivity contribution in [2.24, 2.45) is 11.8 Å². The first-order valence-corrected chi connectivity index (χ1v) is 11.8. The van der Waals surface area contributed by atoms with E-state index in [1.165, 1.54) is 19.8 Å². The van der Waals surface area contributed by atoms with Gasteiger partial charge >= 0.3 is 5.76 Å². The summed E-state index contributed by atoms with van der Waals surface area (Å²) in [5.41, 5.74) is -0.433. The van der Waals surface area contributed by atoms with E-state index in [0.717, 1.165) is 29.5 Å². The van der Waals surface area contributed by atoms with E-state index in [0.29, 0.717) is 25.2 Å². The van der Waals surface area contributed by atoms with Gasteiger partial charge in [0.15, 0.2) is 11.4 Å². The van der Waals surface area contributed by atoms with Crippen LogP contribution in [0, 0.1) is 11.8 Å². The van der Waals surface area contributed by atoms with Crippen LogP contribution in [0.15, 0.2) is 39.5 Å². The molecule has 1 atom stereocenters. The molecule has 1 fully saturated rings. The van der Waals surface area contributed by atoms with Crippen LogP contribution in [0.3, 0.4) is 0 Å². The molecule has 7 heteroatoms. The van der Waals surface area contributed by atoms with Crippen LogP contribution in [0.4, 0.5) is 0 Å². The monoisotopic (exact) mass is 441 g/mol. The number of aromatic nitrogens is 2. The summed E-state index contributed by atoms with van der Waals surface area (Å²) in [6, 6.07) is 9.85. The first-order chi connectivity index (χ1) is 15.3. The van der Waals surface area contributed by atoms with Crippen LogP contribution in [0.25, 0.3) is 0 Å². The second-order valence-electron chi connectivity index (χ2n) is 9.41. The minimum absolute atomic E-state index is 0.0467. The fourth-order valence-corrected chi connectivity index (χ4v) is 4.64. The Labute approximate surface area is 189 Å². The van der Waals surface area contributed by atoms with E-state index in [2.05, 4.69) is 10.4 Å². The van der Waals surface area contributed by atoms with E-state index in [1.807, 2.05) is 44.2 Å². The molecule has 1 amide bonds. The second kappa shape index (κ2) is 10.7. The molecule has 174 valence electrons. The van der Waals surface area contributed by atoms with Crippen LogP contribution in [0.5, 0.6) is 0 Å². The Balaban J connectivity index is 1.80. The van der Waals surface area contributed by atoms with Crippen LogP contribution in [0.1, 0.15) is 77.2 Å². The fourth-order valence-electron chi connectivity index (χ4n) is 4.64. The Morgan fingerprint density at radius 2 is 1.88 bits per heavy atom. The quantitative estimate of drug-likeness (QED) is 0.569. The Kier molecular flexibility index (Phi) is 8.04. The third kappa shape index (κ3) is 5.96. The fraction of sp³-hybridized carbons (Fsp3) is 0.600. The van der Waals surface area contributed by atoms with Gasteiger partial charge in [0.1, 0.15) is 0 Å². The Bertz CT molecular complexity index is 957. The number of benzene rings is 1. The summed E-state index contributed by atoms with van der Waals surface area (Å²) in [7, 11) is 0. The number of Topliss-reactive ketones (excluding diaryl/α,β-unsaturated/α-hetero) is 1. The van der Waals surface area contributed by atoms with Crippen molar-refractivity contribution in [2.75, 3.05) is 0 Å². The van der Waals surface area contributed by atoms with Gasteiger partial charge in [-0.1, -0.05) is 69.9 Å². The predicted molar refractivity (Wildman–Crippen MR) is 122 cm³/mol. The van der Waals surface area contributed by atoms with Crippen LogP contribution in [-0.4, -0.2) is 21.5 Å². The summed E-state index contributed by atoms with van der Waals surface area (Å²) in [6.07, 6.45) is 7.25. The molecule has 1 unspecified atom stereocenters. The minimum Gasteiger partial charge on any atom is -0.392 e. The molecule has 32 heavy (non-hydrogen) atoms. The van der Waals surface area contributed by atoms with Gasteiger partial charge in [-0.15, -0.1) is 5.10 Å². The lowest BCUT2D eigenvalue weighted by Gasteiger charge is -2.32. The highest BCUT2D eigenvalue weighted by molar-refractivity contribution is 5.89. The molecule has 0 saturated heterocycles. The maximum absolute atomic E-state index is 12.9. The van der Waals surface area contributed by atoms with Crippen molar-refractivity contribution in [3.63, 3.8) is 0 Å². The van der Waals surface area contributed by atoms with Gasteiger partial charge in [-0.05, 0) is 37.2 Å². The average molecular weight is 442 g/mol. The Morgan fingerprint density at radius 1 is 1.19 bits per heavy atom. The maximum Gasteiger partial charge on any atom is 0.439 e. The smallest absolute Gasteiger partial charge is 0.392 e. The van der Waals surface area contributed by atoms with Crippen LogP contribution < -0.4 is 11.1 Å². The number of carbonyl (C=O) groups excluding carboxylic acids is 2. The number of nitrogens with zero attached hydrogens (tertiary/aromatic N) is 2. The normalized spacial score (nSPS) is 16.2. The largest absolute Gasteiger partial charge is 0.439 e. The molecule has 1 aromatic heterocycles. The van der Waals surface area contributed by atoms with Crippen molar-refractivity contribution >= 4 is 11.7 Å². The van der Waals surface area contributed by atoms with Crippen molar-refractivity contribution in [2.45, 2.75) is 84.2 Å². The standard InChI is InChI=1S/C25H35N3O4/c1-18(2)17-25(19(3)29,26-22(30)15-13-20-11-7-8-12-20)28-24(31)32-23(27-28)16-14-21-9-5-4-6-10-21/h4-6,9-10,18,20H,7-8,11-17H2,1-3H3,(H,26,30). The lowest BCUT2D eigenvalue weighted by atomic mass is 9.93. The molecule has 3 rings (SSSR count). The molecule has 1 saturated carbocycles. The van der Waals surface area contributed by atoms with Crippen molar-refractivity contribution < 1.29 is 14.0 Å². The topological polar surface area (TPSA) is 94.2 Å². The van der Waals surface area contributed by atoms with E-state index in [4.69, 9.17) is 4.42 Å². The molecular formula is C25H35N3O4. The first-order valence-electron chi connectivity index (χ1n) is 11.8. The number of carbonyl (C=O) groups is 2. The van der Waals surface area contributed by atoms with Gasteiger partial charge in [0.05, 0.1) is 0 Å². The molecule has 2 aromatic rings. The number of hydrogen-bond donors (Lipinski definition) is 1. The minimum atomic E-state index is -1.54. The van der Waals surface area contributed by atoms with Gasteiger partial charge in [-0.3, -0.25) is 9.59 Å². The second-order valence-corrected chi connectivity index (χ2v) is 9.41. The van der Waals surface area contributed by atoms with Crippen molar-refractivity contribution in [3.8, 4) is 0 Å². The van der Waals surface area contributed by atoms with E-state index in [-0.39, 0.29) is 29.9 Å². The van der Waals surface area contributed by atoms with E-state index < -0.39 is 11.4 Å². The third-order valence-electron chi connectivity index (χ3n) is 6.31. The molecule has 1 aliphatic rings. The maximum atomic E-state index is 12.9. The first kappa shape index (κ1) is 24.0. The molecule has 0 radical (unpaired) electrons. The summed E-state index contributed by atoms with van der Waals surface area (Å²) < 4.78 is 6.45. The highest BCUT2D eigenvalue weighted by Gasteiger charge is 2.43. The summed E-state index contributed by atoms with van der Waals surface area (Å²) in [5.74, 6) is -0.408. The van der Waals surface area contributed by atoms with E-state index in [9.17, 15) is 14.4 Å². The summed E-state index contributed by atoms with van der Waals surface area (Å²) in [4.78, 5) is 38.5. The number of aryl methyl sites for hydroxylation is 2. The molecule has 7 nitrogen and oxygen atoms in total. The van der Waals surface area contributed by atoms with Gasteiger partial charge < -0.3 is 9.73 Å². The zero-order chi connectivity index (χ0) is 23.1. The van der Waals surface area contributed by atoms with Crippen molar-refractivity contribution in [1.29, 1.82) is 0 Å². The van der Waals surface area contributed by atoms with Crippen LogP contribution >= 0.6 is 0 Å². The Hall–Kier alpha value is -2.70. The SMILES string of the molecule is CC(=O)C(CC(C)C)(NC(=O)CCC1CCCC1)n1nc(CCc2ccccc2)oc1=O. The Morgan fingerprint density at radius 3 is 2.50 bits per heavy atom. The molecule has 1 aromatic carbocycles. The average Bonchev–Trinajstić information content (AvgIpc) is 3.40. The number of amides is 1. The molecule has 1 heterocycles. The molecule has 1 N–H and O–H groups in total. The number of nitrogens with one attached hydrogen (secondary N) is 1. The van der Waals surface area contributed by atoms with Crippen LogP contribution in [0.2, 0.25) is 0 Å². The summed E-state index contributed by atoms with van der Waals surface area (Å²) >= 11 is 0. The van der Waals surface area contributed by atoms with Crippen LogP contribution in [-0.2, 0) is 28.1 Å². The molecule has 0 aliphatic heterocycles. The molecule has 0 spiro atoms. The zero-order valence-electron chi connectivity index (χ0n) is 19.4. The van der Waals surface area contributed by atoms with Gasteiger partial charge in [-0.25, -0.2) is 4.79 Å². The third-order valence-corrected chi connectivity index (χ3v) is 6.31.